The van der Waals surface area contributed by atoms with Gasteiger partial charge in [-0.3, -0.25) is 14.4 Å². The summed E-state index contributed by atoms with van der Waals surface area (Å²) < 4.78 is 4.84. The van der Waals surface area contributed by atoms with Crippen LogP contribution in [0.2, 0.25) is 0 Å². The topological polar surface area (TPSA) is 97.4 Å². The molecule has 22 heavy (non-hydrogen) atoms. The summed E-state index contributed by atoms with van der Waals surface area (Å²) in [5.74, 6) is -1.01. The third-order valence-corrected chi connectivity index (χ3v) is 3.53. The SMILES string of the molecule is CCOC(=O)Cc1csc(NC(=O)[C@H](NC(C)=O)C(C)C)n1. The number of esters is 1. The molecule has 1 aromatic rings. The zero-order chi connectivity index (χ0) is 16.7. The van der Waals surface area contributed by atoms with Crippen molar-refractivity contribution in [2.75, 3.05) is 11.9 Å². The van der Waals surface area contributed by atoms with Gasteiger partial charge in [-0.2, -0.15) is 0 Å². The smallest absolute Gasteiger partial charge is 0.311 e. The minimum absolute atomic E-state index is 0.0529. The Hall–Kier alpha value is -1.96. The van der Waals surface area contributed by atoms with Gasteiger partial charge < -0.3 is 15.4 Å². The molecule has 122 valence electrons. The molecule has 0 saturated heterocycles. The second kappa shape index (κ2) is 8.47. The van der Waals surface area contributed by atoms with Crippen molar-refractivity contribution in [2.24, 2.45) is 5.92 Å². The van der Waals surface area contributed by atoms with Crippen molar-refractivity contribution in [1.29, 1.82) is 0 Å². The summed E-state index contributed by atoms with van der Waals surface area (Å²) in [6.07, 6.45) is 0.0690. The third-order valence-electron chi connectivity index (χ3n) is 2.72. The second-order valence-electron chi connectivity index (χ2n) is 5.04. The molecule has 1 atom stereocenters. The van der Waals surface area contributed by atoms with Crippen molar-refractivity contribution in [3.63, 3.8) is 0 Å². The molecule has 0 radical (unpaired) electrons. The molecule has 0 spiro atoms. The number of carbonyl (C=O) groups is 3. The van der Waals surface area contributed by atoms with Gasteiger partial charge in [-0.05, 0) is 12.8 Å². The summed E-state index contributed by atoms with van der Waals surface area (Å²) in [4.78, 5) is 38.9. The van der Waals surface area contributed by atoms with Gasteiger partial charge in [0.05, 0.1) is 18.7 Å². The molecule has 8 heteroatoms. The van der Waals surface area contributed by atoms with Crippen molar-refractivity contribution in [3.8, 4) is 0 Å². The van der Waals surface area contributed by atoms with E-state index in [-0.39, 0.29) is 30.1 Å². The quantitative estimate of drug-likeness (QED) is 0.737. The van der Waals surface area contributed by atoms with Gasteiger partial charge in [-0.25, -0.2) is 4.98 Å². The van der Waals surface area contributed by atoms with Gasteiger partial charge in [0.25, 0.3) is 0 Å². The first kappa shape index (κ1) is 18.1. The summed E-state index contributed by atoms with van der Waals surface area (Å²) in [5.41, 5.74) is 0.541. The highest BCUT2D eigenvalue weighted by Crippen LogP contribution is 2.17. The van der Waals surface area contributed by atoms with Crippen LogP contribution in [0.15, 0.2) is 5.38 Å². The first-order valence-corrected chi connectivity index (χ1v) is 7.89. The van der Waals surface area contributed by atoms with Crippen molar-refractivity contribution in [1.82, 2.24) is 10.3 Å². The van der Waals surface area contributed by atoms with Crippen LogP contribution in [0.4, 0.5) is 5.13 Å². The molecule has 1 aromatic heterocycles. The zero-order valence-corrected chi connectivity index (χ0v) is 14.0. The molecule has 0 fully saturated rings. The normalized spacial score (nSPS) is 11.9. The fraction of sp³-hybridized carbons (Fsp3) is 0.571. The average molecular weight is 327 g/mol. The first-order chi connectivity index (χ1) is 10.3. The summed E-state index contributed by atoms with van der Waals surface area (Å²) in [7, 11) is 0. The van der Waals surface area contributed by atoms with Crippen LogP contribution in [-0.4, -0.2) is 35.4 Å². The maximum Gasteiger partial charge on any atom is 0.311 e. The van der Waals surface area contributed by atoms with Crippen LogP contribution >= 0.6 is 11.3 Å². The molecule has 0 saturated carbocycles. The molecule has 0 unspecified atom stereocenters. The zero-order valence-electron chi connectivity index (χ0n) is 13.1. The summed E-state index contributed by atoms with van der Waals surface area (Å²) in [6.45, 7) is 7.10. The standard InChI is InChI=1S/C14H21N3O4S/c1-5-21-11(19)6-10-7-22-14(16-10)17-13(20)12(8(2)3)15-9(4)18/h7-8,12H,5-6H2,1-4H3,(H,15,18)(H,16,17,20)/t12-/m1/s1. The van der Waals surface area contributed by atoms with E-state index in [4.69, 9.17) is 4.74 Å². The van der Waals surface area contributed by atoms with Crippen LogP contribution in [-0.2, 0) is 25.5 Å². The van der Waals surface area contributed by atoms with Crippen LogP contribution in [0.1, 0.15) is 33.4 Å². The Morgan fingerprint density at radius 3 is 2.59 bits per heavy atom. The fourth-order valence-electron chi connectivity index (χ4n) is 1.74. The van der Waals surface area contributed by atoms with E-state index in [9.17, 15) is 14.4 Å². The number of nitrogens with one attached hydrogen (secondary N) is 2. The number of aromatic nitrogens is 1. The second-order valence-corrected chi connectivity index (χ2v) is 5.90. The van der Waals surface area contributed by atoms with Gasteiger partial charge in [-0.15, -0.1) is 11.3 Å². The van der Waals surface area contributed by atoms with Crippen molar-refractivity contribution < 1.29 is 19.1 Å². The molecule has 1 rings (SSSR count). The Balaban J connectivity index is 2.66. The van der Waals surface area contributed by atoms with Crippen molar-refractivity contribution >= 4 is 34.3 Å². The lowest BCUT2D eigenvalue weighted by Crippen LogP contribution is -2.46. The van der Waals surface area contributed by atoms with Gasteiger partial charge in [0.1, 0.15) is 6.04 Å². The molecule has 2 N–H and O–H groups in total. The van der Waals surface area contributed by atoms with Crippen molar-refractivity contribution in [2.45, 2.75) is 40.2 Å². The lowest BCUT2D eigenvalue weighted by atomic mass is 10.0. The van der Waals surface area contributed by atoms with E-state index in [1.807, 2.05) is 13.8 Å². The lowest BCUT2D eigenvalue weighted by molar-refractivity contribution is -0.142. The molecule has 0 bridgehead atoms. The monoisotopic (exact) mass is 327 g/mol. The van der Waals surface area contributed by atoms with Crippen LogP contribution in [0.25, 0.3) is 0 Å². The molecule has 2 amide bonds. The predicted molar refractivity (Wildman–Crippen MR) is 83.5 cm³/mol. The Morgan fingerprint density at radius 1 is 1.36 bits per heavy atom. The van der Waals surface area contributed by atoms with E-state index < -0.39 is 6.04 Å². The Morgan fingerprint density at radius 2 is 2.05 bits per heavy atom. The highest BCUT2D eigenvalue weighted by atomic mass is 32.1. The minimum atomic E-state index is -0.630. The molecule has 1 heterocycles. The molecule has 0 aliphatic carbocycles. The number of ether oxygens (including phenoxy) is 1. The average Bonchev–Trinajstić information content (AvgIpc) is 2.82. The maximum atomic E-state index is 12.2. The lowest BCUT2D eigenvalue weighted by Gasteiger charge is -2.20. The molecular formula is C14H21N3O4S. The number of amides is 2. The van der Waals surface area contributed by atoms with Gasteiger partial charge in [0.2, 0.25) is 11.8 Å². The summed E-state index contributed by atoms with van der Waals surface area (Å²) in [6, 6.07) is -0.630. The Labute approximate surface area is 133 Å². The first-order valence-electron chi connectivity index (χ1n) is 7.01. The molecule has 0 aromatic carbocycles. The van der Waals surface area contributed by atoms with Gasteiger partial charge in [-0.1, -0.05) is 13.8 Å². The summed E-state index contributed by atoms with van der Waals surface area (Å²) in [5, 5.41) is 7.34. The summed E-state index contributed by atoms with van der Waals surface area (Å²) >= 11 is 1.22. The Bertz CT molecular complexity index is 542. The molecule has 0 aliphatic heterocycles. The molecule has 7 nitrogen and oxygen atoms in total. The van der Waals surface area contributed by atoms with E-state index in [1.165, 1.54) is 18.3 Å². The minimum Gasteiger partial charge on any atom is -0.466 e. The van der Waals surface area contributed by atoms with Gasteiger partial charge in [0.15, 0.2) is 5.13 Å². The van der Waals surface area contributed by atoms with E-state index in [0.29, 0.717) is 17.4 Å². The predicted octanol–water partition coefficient (Wildman–Crippen LogP) is 1.35. The Kier molecular flexibility index (Phi) is 6.97. The number of thiazole rings is 1. The number of rotatable bonds is 7. The third kappa shape index (κ3) is 5.80. The van der Waals surface area contributed by atoms with Crippen molar-refractivity contribution in [3.05, 3.63) is 11.1 Å². The van der Waals surface area contributed by atoms with Gasteiger partial charge >= 0.3 is 5.97 Å². The van der Waals surface area contributed by atoms with Crippen LogP contribution < -0.4 is 10.6 Å². The number of carbonyl (C=O) groups excluding carboxylic acids is 3. The van der Waals surface area contributed by atoms with Crippen LogP contribution in [0.3, 0.4) is 0 Å². The molecule has 0 aliphatic rings. The van der Waals surface area contributed by atoms with Crippen LogP contribution in [0.5, 0.6) is 0 Å². The fourth-order valence-corrected chi connectivity index (χ4v) is 2.46. The highest BCUT2D eigenvalue weighted by molar-refractivity contribution is 7.13. The van der Waals surface area contributed by atoms with E-state index >= 15 is 0 Å². The van der Waals surface area contributed by atoms with E-state index in [2.05, 4.69) is 15.6 Å². The van der Waals surface area contributed by atoms with Crippen LogP contribution in [0, 0.1) is 5.92 Å². The van der Waals surface area contributed by atoms with E-state index in [0.717, 1.165) is 0 Å². The number of hydrogen-bond donors (Lipinski definition) is 2. The number of hydrogen-bond acceptors (Lipinski definition) is 6. The number of anilines is 1. The highest BCUT2D eigenvalue weighted by Gasteiger charge is 2.23. The molecular weight excluding hydrogens is 306 g/mol. The van der Waals surface area contributed by atoms with Gasteiger partial charge in [0, 0.05) is 12.3 Å². The maximum absolute atomic E-state index is 12.2. The largest absolute Gasteiger partial charge is 0.466 e. The number of nitrogens with zero attached hydrogens (tertiary/aromatic N) is 1. The van der Waals surface area contributed by atoms with E-state index in [1.54, 1.807) is 12.3 Å².